The SMILES string of the molecule is Cc1ccc(S(=O)(=O)N(CCN)CCc2ccccc2)c(Cl)c1.Cl. The predicted molar refractivity (Wildman–Crippen MR) is 101 cm³/mol. The van der Waals surface area contributed by atoms with Crippen molar-refractivity contribution >= 4 is 34.0 Å². The van der Waals surface area contributed by atoms with Crippen LogP contribution >= 0.6 is 24.0 Å². The van der Waals surface area contributed by atoms with Gasteiger partial charge in [-0.05, 0) is 36.6 Å². The van der Waals surface area contributed by atoms with Gasteiger partial charge in [0.05, 0.1) is 5.02 Å². The second kappa shape index (κ2) is 9.39. The number of benzene rings is 2. The number of nitrogens with two attached hydrogens (primary N) is 1. The van der Waals surface area contributed by atoms with Crippen LogP contribution in [0.4, 0.5) is 0 Å². The van der Waals surface area contributed by atoms with E-state index in [1.54, 1.807) is 18.2 Å². The van der Waals surface area contributed by atoms with E-state index in [1.165, 1.54) is 4.31 Å². The Hall–Kier alpha value is -1.11. The topological polar surface area (TPSA) is 63.4 Å². The first-order valence-corrected chi connectivity index (χ1v) is 9.27. The van der Waals surface area contributed by atoms with Gasteiger partial charge in [-0.15, -0.1) is 12.4 Å². The first-order chi connectivity index (χ1) is 10.9. The molecule has 132 valence electrons. The maximum Gasteiger partial charge on any atom is 0.244 e. The van der Waals surface area contributed by atoms with E-state index in [2.05, 4.69) is 0 Å². The molecule has 0 aromatic heterocycles. The van der Waals surface area contributed by atoms with Gasteiger partial charge in [0, 0.05) is 19.6 Å². The highest BCUT2D eigenvalue weighted by molar-refractivity contribution is 7.89. The summed E-state index contributed by atoms with van der Waals surface area (Å²) in [5.74, 6) is 0. The van der Waals surface area contributed by atoms with E-state index in [1.807, 2.05) is 37.3 Å². The molecule has 0 unspecified atom stereocenters. The summed E-state index contributed by atoms with van der Waals surface area (Å²) in [7, 11) is -3.66. The van der Waals surface area contributed by atoms with Gasteiger partial charge >= 0.3 is 0 Å². The average Bonchev–Trinajstić information content (AvgIpc) is 2.52. The van der Waals surface area contributed by atoms with Gasteiger partial charge in [-0.1, -0.05) is 48.0 Å². The summed E-state index contributed by atoms with van der Waals surface area (Å²) < 4.78 is 27.1. The second-order valence-corrected chi connectivity index (χ2v) is 7.68. The molecule has 0 spiro atoms. The van der Waals surface area contributed by atoms with Crippen LogP contribution in [0.15, 0.2) is 53.4 Å². The molecular formula is C17H22Cl2N2O2S. The second-order valence-electron chi connectivity index (χ2n) is 5.36. The number of hydrogen-bond donors (Lipinski definition) is 1. The van der Waals surface area contributed by atoms with E-state index < -0.39 is 10.0 Å². The first kappa shape index (κ1) is 20.9. The van der Waals surface area contributed by atoms with Crippen molar-refractivity contribution in [2.45, 2.75) is 18.2 Å². The summed E-state index contributed by atoms with van der Waals surface area (Å²) in [5.41, 5.74) is 7.60. The first-order valence-electron chi connectivity index (χ1n) is 7.45. The lowest BCUT2D eigenvalue weighted by Gasteiger charge is -2.22. The Morgan fingerprint density at radius 1 is 1.08 bits per heavy atom. The van der Waals surface area contributed by atoms with Crippen LogP contribution in [-0.4, -0.2) is 32.4 Å². The lowest BCUT2D eigenvalue weighted by atomic mass is 10.1. The van der Waals surface area contributed by atoms with Crippen molar-refractivity contribution in [1.29, 1.82) is 0 Å². The highest BCUT2D eigenvalue weighted by Gasteiger charge is 2.26. The summed E-state index contributed by atoms with van der Waals surface area (Å²) in [4.78, 5) is 0.131. The van der Waals surface area contributed by atoms with Crippen molar-refractivity contribution in [2.24, 2.45) is 5.73 Å². The molecule has 24 heavy (non-hydrogen) atoms. The molecule has 0 aliphatic heterocycles. The molecule has 2 aromatic rings. The van der Waals surface area contributed by atoms with E-state index in [-0.39, 0.29) is 35.4 Å². The van der Waals surface area contributed by atoms with Gasteiger partial charge in [0.25, 0.3) is 0 Å². The number of halogens is 2. The van der Waals surface area contributed by atoms with E-state index in [0.29, 0.717) is 13.0 Å². The molecule has 2 rings (SSSR count). The molecule has 0 saturated carbocycles. The van der Waals surface area contributed by atoms with Crippen LogP contribution in [0.25, 0.3) is 0 Å². The Balaban J connectivity index is 0.00000288. The van der Waals surface area contributed by atoms with Crippen molar-refractivity contribution in [2.75, 3.05) is 19.6 Å². The Bertz CT molecular complexity index is 752. The van der Waals surface area contributed by atoms with Gasteiger partial charge in [0.1, 0.15) is 4.90 Å². The Morgan fingerprint density at radius 2 is 1.75 bits per heavy atom. The summed E-state index contributed by atoms with van der Waals surface area (Å²) in [5, 5.41) is 0.242. The Labute approximate surface area is 155 Å². The molecule has 0 radical (unpaired) electrons. The number of rotatable bonds is 7. The van der Waals surface area contributed by atoms with Crippen LogP contribution < -0.4 is 5.73 Å². The number of nitrogens with zero attached hydrogens (tertiary/aromatic N) is 1. The Morgan fingerprint density at radius 3 is 2.33 bits per heavy atom. The van der Waals surface area contributed by atoms with Gasteiger partial charge in [0.15, 0.2) is 0 Å². The van der Waals surface area contributed by atoms with Crippen LogP contribution in [-0.2, 0) is 16.4 Å². The monoisotopic (exact) mass is 388 g/mol. The Kier molecular flexibility index (Phi) is 8.19. The number of sulfonamides is 1. The molecule has 7 heteroatoms. The fraction of sp³-hybridized carbons (Fsp3) is 0.294. The zero-order valence-electron chi connectivity index (χ0n) is 13.5. The fourth-order valence-corrected chi connectivity index (χ4v) is 4.38. The lowest BCUT2D eigenvalue weighted by molar-refractivity contribution is 0.421. The van der Waals surface area contributed by atoms with Gasteiger partial charge in [-0.2, -0.15) is 4.31 Å². The van der Waals surface area contributed by atoms with E-state index in [4.69, 9.17) is 17.3 Å². The fourth-order valence-electron chi connectivity index (χ4n) is 2.35. The zero-order valence-corrected chi connectivity index (χ0v) is 15.9. The molecular weight excluding hydrogens is 367 g/mol. The van der Waals surface area contributed by atoms with Crippen molar-refractivity contribution in [1.82, 2.24) is 4.31 Å². The maximum absolute atomic E-state index is 12.9. The minimum Gasteiger partial charge on any atom is -0.329 e. The minimum atomic E-state index is -3.66. The lowest BCUT2D eigenvalue weighted by Crippen LogP contribution is -2.37. The predicted octanol–water partition coefficient (Wildman–Crippen LogP) is 3.26. The molecule has 0 aliphatic carbocycles. The minimum absolute atomic E-state index is 0. The van der Waals surface area contributed by atoms with Gasteiger partial charge in [-0.25, -0.2) is 8.42 Å². The third-order valence-electron chi connectivity index (χ3n) is 3.58. The standard InChI is InChI=1S/C17H21ClN2O2S.ClH/c1-14-7-8-17(16(18)13-14)23(21,22)20(12-10-19)11-9-15-5-3-2-4-6-15;/h2-8,13H,9-12,19H2,1H3;1H. The molecule has 0 fully saturated rings. The number of aryl methyl sites for hydroxylation is 1. The molecule has 0 saturated heterocycles. The molecule has 2 aromatic carbocycles. The van der Waals surface area contributed by atoms with Gasteiger partial charge in [-0.3, -0.25) is 0 Å². The van der Waals surface area contributed by atoms with E-state index >= 15 is 0 Å². The quantitative estimate of drug-likeness (QED) is 0.791. The normalized spacial score (nSPS) is 11.3. The third-order valence-corrected chi connectivity index (χ3v) is 5.96. The van der Waals surface area contributed by atoms with Crippen molar-refractivity contribution in [3.05, 3.63) is 64.7 Å². The van der Waals surface area contributed by atoms with Gasteiger partial charge in [0.2, 0.25) is 10.0 Å². The van der Waals surface area contributed by atoms with Crippen LogP contribution in [0.2, 0.25) is 5.02 Å². The van der Waals surface area contributed by atoms with Crippen molar-refractivity contribution in [3.8, 4) is 0 Å². The summed E-state index contributed by atoms with van der Waals surface area (Å²) in [6, 6.07) is 14.7. The maximum atomic E-state index is 12.9. The highest BCUT2D eigenvalue weighted by Crippen LogP contribution is 2.25. The molecule has 0 atom stereocenters. The molecule has 0 amide bonds. The van der Waals surface area contributed by atoms with Crippen molar-refractivity contribution in [3.63, 3.8) is 0 Å². The largest absolute Gasteiger partial charge is 0.329 e. The molecule has 4 nitrogen and oxygen atoms in total. The van der Waals surface area contributed by atoms with Crippen LogP contribution in [0.5, 0.6) is 0 Å². The van der Waals surface area contributed by atoms with Gasteiger partial charge < -0.3 is 5.73 Å². The zero-order chi connectivity index (χ0) is 16.9. The molecule has 0 heterocycles. The van der Waals surface area contributed by atoms with Crippen LogP contribution in [0, 0.1) is 6.92 Å². The summed E-state index contributed by atoms with van der Waals surface area (Å²) in [6.07, 6.45) is 0.629. The summed E-state index contributed by atoms with van der Waals surface area (Å²) >= 11 is 6.14. The van der Waals surface area contributed by atoms with E-state index in [9.17, 15) is 8.42 Å². The van der Waals surface area contributed by atoms with Crippen molar-refractivity contribution < 1.29 is 8.42 Å². The average molecular weight is 389 g/mol. The molecule has 0 bridgehead atoms. The summed E-state index contributed by atoms with van der Waals surface area (Å²) in [6.45, 7) is 2.76. The molecule has 2 N–H and O–H groups in total. The van der Waals surface area contributed by atoms with Crippen LogP contribution in [0.1, 0.15) is 11.1 Å². The highest BCUT2D eigenvalue weighted by atomic mass is 35.5. The van der Waals surface area contributed by atoms with Crippen LogP contribution in [0.3, 0.4) is 0 Å². The third kappa shape index (κ3) is 5.19. The molecule has 0 aliphatic rings. The smallest absolute Gasteiger partial charge is 0.244 e. The number of hydrogen-bond acceptors (Lipinski definition) is 3. The van der Waals surface area contributed by atoms with E-state index in [0.717, 1.165) is 11.1 Å².